The van der Waals surface area contributed by atoms with Gasteiger partial charge in [0.25, 0.3) is 5.56 Å². The maximum Gasteiger partial charge on any atom is 0.263 e. The first kappa shape index (κ1) is 24.5. The summed E-state index contributed by atoms with van der Waals surface area (Å²) in [7, 11) is 0. The lowest BCUT2D eigenvalue weighted by atomic mass is 9.62. The zero-order valence-electron chi connectivity index (χ0n) is 21.7. The number of hydrogen-bond donors (Lipinski definition) is 0. The van der Waals surface area contributed by atoms with E-state index < -0.39 is 0 Å². The SMILES string of the molecule is Cc1ccccc1-n1c(SCC(=O)N2CCCCC2)nc2c(c1=O)C1(CCCCC1)Cc1ccccc1-2. The number of carbonyl (C=O) groups is 1. The number of benzene rings is 2. The molecule has 6 rings (SSSR count). The van der Waals surface area contributed by atoms with Gasteiger partial charge in [-0.05, 0) is 62.6 Å². The molecule has 2 aliphatic carbocycles. The highest BCUT2D eigenvalue weighted by Crippen LogP contribution is 2.49. The van der Waals surface area contributed by atoms with Gasteiger partial charge in [0.1, 0.15) is 0 Å². The molecule has 2 aromatic carbocycles. The number of aryl methyl sites for hydroxylation is 1. The monoisotopic (exact) mass is 513 g/mol. The summed E-state index contributed by atoms with van der Waals surface area (Å²) in [4.78, 5) is 34.9. The molecule has 1 saturated carbocycles. The normalized spacial score (nSPS) is 18.4. The van der Waals surface area contributed by atoms with E-state index in [0.717, 1.165) is 86.1 Å². The van der Waals surface area contributed by atoms with Crippen LogP contribution in [0.4, 0.5) is 0 Å². The molecule has 192 valence electrons. The summed E-state index contributed by atoms with van der Waals surface area (Å²) in [6.07, 6.45) is 9.81. The standard InChI is InChI=1S/C31H35N3O2S/c1-22-12-4-7-15-25(22)34-29(36)27-28(32-30(34)37-21-26(35)33-18-10-3-11-19-33)24-14-6-5-13-23(24)20-31(27)16-8-2-9-17-31/h4-7,12-15H,2-3,8-11,16-21H2,1H3. The van der Waals surface area contributed by atoms with E-state index in [2.05, 4.69) is 18.2 Å². The van der Waals surface area contributed by atoms with E-state index in [0.29, 0.717) is 10.9 Å². The van der Waals surface area contributed by atoms with Gasteiger partial charge in [-0.15, -0.1) is 0 Å². The van der Waals surface area contributed by atoms with Gasteiger partial charge in [0, 0.05) is 24.1 Å². The van der Waals surface area contributed by atoms with Crippen LogP contribution in [0.3, 0.4) is 0 Å². The Morgan fingerprint density at radius 2 is 1.65 bits per heavy atom. The Balaban J connectivity index is 1.52. The number of carbonyl (C=O) groups excluding carboxylic acids is 1. The van der Waals surface area contributed by atoms with E-state index in [1.165, 1.54) is 30.2 Å². The van der Waals surface area contributed by atoms with Crippen molar-refractivity contribution in [2.45, 2.75) is 75.3 Å². The lowest BCUT2D eigenvalue weighted by Gasteiger charge is -2.42. The van der Waals surface area contributed by atoms with E-state index in [4.69, 9.17) is 4.98 Å². The number of likely N-dealkylation sites (tertiary alicyclic amines) is 1. The number of aromatic nitrogens is 2. The van der Waals surface area contributed by atoms with Crippen LogP contribution in [-0.2, 0) is 16.6 Å². The van der Waals surface area contributed by atoms with Crippen molar-refractivity contribution in [3.8, 4) is 16.9 Å². The smallest absolute Gasteiger partial charge is 0.263 e. The number of hydrogen-bond acceptors (Lipinski definition) is 4. The first-order chi connectivity index (χ1) is 18.1. The largest absolute Gasteiger partial charge is 0.342 e. The minimum Gasteiger partial charge on any atom is -0.342 e. The molecule has 2 heterocycles. The van der Waals surface area contributed by atoms with E-state index >= 15 is 0 Å². The molecule has 1 spiro atoms. The lowest BCUT2D eigenvalue weighted by molar-refractivity contribution is -0.129. The van der Waals surface area contributed by atoms with Gasteiger partial charge in [0.15, 0.2) is 5.16 Å². The number of piperidine rings is 1. The molecule has 0 bridgehead atoms. The van der Waals surface area contributed by atoms with Crippen LogP contribution >= 0.6 is 11.8 Å². The molecule has 1 aliphatic heterocycles. The number of para-hydroxylation sites is 1. The maximum absolute atomic E-state index is 14.6. The van der Waals surface area contributed by atoms with Crippen LogP contribution in [-0.4, -0.2) is 39.2 Å². The Labute approximate surface area is 223 Å². The van der Waals surface area contributed by atoms with Crippen molar-refractivity contribution in [2.75, 3.05) is 18.8 Å². The highest BCUT2D eigenvalue weighted by atomic mass is 32.2. The molecule has 1 amide bonds. The van der Waals surface area contributed by atoms with E-state index in [1.54, 1.807) is 0 Å². The molecular formula is C31H35N3O2S. The van der Waals surface area contributed by atoms with Crippen LogP contribution in [0.1, 0.15) is 68.1 Å². The molecule has 0 unspecified atom stereocenters. The van der Waals surface area contributed by atoms with Crippen molar-refractivity contribution >= 4 is 17.7 Å². The molecule has 2 fully saturated rings. The fraction of sp³-hybridized carbons (Fsp3) is 0.452. The lowest BCUT2D eigenvalue weighted by Crippen LogP contribution is -2.43. The summed E-state index contributed by atoms with van der Waals surface area (Å²) < 4.78 is 1.81. The molecule has 1 saturated heterocycles. The third-order valence-corrected chi connectivity index (χ3v) is 9.51. The van der Waals surface area contributed by atoms with Crippen LogP contribution < -0.4 is 5.56 Å². The van der Waals surface area contributed by atoms with Crippen LogP contribution in [0.2, 0.25) is 0 Å². The molecule has 0 atom stereocenters. The highest BCUT2D eigenvalue weighted by Gasteiger charge is 2.43. The predicted octanol–water partition coefficient (Wildman–Crippen LogP) is 6.07. The third kappa shape index (κ3) is 4.43. The summed E-state index contributed by atoms with van der Waals surface area (Å²) >= 11 is 1.41. The summed E-state index contributed by atoms with van der Waals surface area (Å²) in [6.45, 7) is 3.70. The summed E-state index contributed by atoms with van der Waals surface area (Å²) in [5, 5.41) is 0.617. The van der Waals surface area contributed by atoms with E-state index in [9.17, 15) is 9.59 Å². The second kappa shape index (κ2) is 10.1. The van der Waals surface area contributed by atoms with Crippen LogP contribution in [0.15, 0.2) is 58.5 Å². The van der Waals surface area contributed by atoms with Gasteiger partial charge in [-0.3, -0.25) is 14.2 Å². The van der Waals surface area contributed by atoms with Crippen molar-refractivity contribution in [1.82, 2.24) is 14.5 Å². The number of amides is 1. The highest BCUT2D eigenvalue weighted by molar-refractivity contribution is 7.99. The first-order valence-electron chi connectivity index (χ1n) is 13.8. The zero-order valence-corrected chi connectivity index (χ0v) is 22.5. The quantitative estimate of drug-likeness (QED) is 0.314. The zero-order chi connectivity index (χ0) is 25.4. The number of thioether (sulfide) groups is 1. The Hall–Kier alpha value is -2.86. The van der Waals surface area contributed by atoms with Crippen molar-refractivity contribution in [2.24, 2.45) is 0 Å². The molecule has 0 N–H and O–H groups in total. The van der Waals surface area contributed by atoms with Crippen molar-refractivity contribution in [1.29, 1.82) is 0 Å². The number of nitrogens with zero attached hydrogens (tertiary/aromatic N) is 3. The number of fused-ring (bicyclic) bond motifs is 4. The Kier molecular flexibility index (Phi) is 6.70. The van der Waals surface area contributed by atoms with Gasteiger partial charge in [-0.2, -0.15) is 0 Å². The summed E-state index contributed by atoms with van der Waals surface area (Å²) in [6, 6.07) is 16.5. The van der Waals surface area contributed by atoms with Crippen LogP contribution in [0.5, 0.6) is 0 Å². The predicted molar refractivity (Wildman–Crippen MR) is 150 cm³/mol. The molecule has 3 aromatic rings. The van der Waals surface area contributed by atoms with E-state index in [1.807, 2.05) is 46.7 Å². The molecule has 5 nitrogen and oxygen atoms in total. The van der Waals surface area contributed by atoms with Crippen molar-refractivity contribution < 1.29 is 4.79 Å². The molecular weight excluding hydrogens is 478 g/mol. The first-order valence-corrected chi connectivity index (χ1v) is 14.8. The van der Waals surface area contributed by atoms with Crippen molar-refractivity contribution in [3.63, 3.8) is 0 Å². The molecule has 0 radical (unpaired) electrons. The second-order valence-corrected chi connectivity index (χ2v) is 11.9. The molecule has 3 aliphatic rings. The van der Waals surface area contributed by atoms with Gasteiger partial charge >= 0.3 is 0 Å². The Bertz CT molecular complexity index is 1380. The second-order valence-electron chi connectivity index (χ2n) is 11.0. The van der Waals surface area contributed by atoms with Gasteiger partial charge in [0.2, 0.25) is 5.91 Å². The third-order valence-electron chi connectivity index (χ3n) is 8.58. The molecule has 37 heavy (non-hydrogen) atoms. The van der Waals surface area contributed by atoms with Gasteiger partial charge in [0.05, 0.1) is 22.7 Å². The van der Waals surface area contributed by atoms with Gasteiger partial charge < -0.3 is 4.90 Å². The minimum atomic E-state index is -0.163. The number of rotatable bonds is 4. The fourth-order valence-corrected chi connectivity index (χ4v) is 7.57. The summed E-state index contributed by atoms with van der Waals surface area (Å²) in [5.41, 5.74) is 5.87. The average molecular weight is 514 g/mol. The van der Waals surface area contributed by atoms with Crippen LogP contribution in [0.25, 0.3) is 16.9 Å². The summed E-state index contributed by atoms with van der Waals surface area (Å²) in [5.74, 6) is 0.432. The Morgan fingerprint density at radius 1 is 0.946 bits per heavy atom. The van der Waals surface area contributed by atoms with Gasteiger partial charge in [-0.1, -0.05) is 73.5 Å². The molecule has 6 heteroatoms. The van der Waals surface area contributed by atoms with Gasteiger partial charge in [-0.25, -0.2) is 4.98 Å². The molecule has 1 aromatic heterocycles. The Morgan fingerprint density at radius 3 is 2.43 bits per heavy atom. The fourth-order valence-electron chi connectivity index (χ4n) is 6.67. The van der Waals surface area contributed by atoms with E-state index in [-0.39, 0.29) is 16.9 Å². The average Bonchev–Trinajstić information content (AvgIpc) is 2.93. The maximum atomic E-state index is 14.6. The van der Waals surface area contributed by atoms with Crippen LogP contribution in [0, 0.1) is 6.92 Å². The topological polar surface area (TPSA) is 55.2 Å². The minimum absolute atomic E-state index is 0.0450. The van der Waals surface area contributed by atoms with Crippen molar-refractivity contribution in [3.05, 3.63) is 75.6 Å².